The van der Waals surface area contributed by atoms with E-state index in [1.54, 1.807) is 22.5 Å². The summed E-state index contributed by atoms with van der Waals surface area (Å²) in [7, 11) is 1.43. The lowest BCUT2D eigenvalue weighted by Gasteiger charge is -2.32. The molecule has 0 aliphatic heterocycles. The summed E-state index contributed by atoms with van der Waals surface area (Å²) < 4.78 is 12.1. The number of nitrogens with zero attached hydrogens (tertiary/aromatic N) is 3. The Bertz CT molecular complexity index is 1150. The summed E-state index contributed by atoms with van der Waals surface area (Å²) in [5.74, 6) is -0.814. The normalized spacial score (nSPS) is 12.1. The number of carbonyl (C=O) groups excluding carboxylic acids is 2. The van der Waals surface area contributed by atoms with Gasteiger partial charge < -0.3 is 24.5 Å². The number of methoxy groups -OCH3 is 1. The van der Waals surface area contributed by atoms with Crippen molar-refractivity contribution in [1.82, 2.24) is 14.6 Å². The second-order valence-electron chi connectivity index (χ2n) is 7.61. The van der Waals surface area contributed by atoms with Crippen LogP contribution in [0.25, 0.3) is 11.0 Å². The maximum absolute atomic E-state index is 13.5. The molecular weight excluding hydrogens is 412 g/mol. The Hall–Kier alpha value is -3.46. The van der Waals surface area contributed by atoms with E-state index in [1.807, 2.05) is 37.3 Å². The summed E-state index contributed by atoms with van der Waals surface area (Å²) in [5, 5.41) is 4.36. The number of carbonyl (C=O) groups is 2. The van der Waals surface area contributed by atoms with E-state index < -0.39 is 11.9 Å². The van der Waals surface area contributed by atoms with Crippen LogP contribution in [-0.2, 0) is 20.9 Å². The third-order valence-electron chi connectivity index (χ3n) is 5.41. The van der Waals surface area contributed by atoms with Crippen molar-refractivity contribution in [2.45, 2.75) is 39.3 Å². The number of hydrogen-bond donors (Lipinski definition) is 1. The van der Waals surface area contributed by atoms with Gasteiger partial charge in [-0.3, -0.25) is 14.4 Å². The first-order valence-corrected chi connectivity index (χ1v) is 10.5. The first-order chi connectivity index (χ1) is 15.4. The third-order valence-corrected chi connectivity index (χ3v) is 5.41. The van der Waals surface area contributed by atoms with Gasteiger partial charge in [-0.05, 0) is 18.9 Å². The SMILES string of the molecule is CCC(c1cc2onc(C)c2c(=O)n1Cc1ccccc1)N(CCC(N)=O)C(=O)COC. The Labute approximate surface area is 185 Å². The van der Waals surface area contributed by atoms with E-state index in [9.17, 15) is 14.4 Å². The minimum atomic E-state index is -0.516. The lowest BCUT2D eigenvalue weighted by molar-refractivity contribution is -0.138. The van der Waals surface area contributed by atoms with E-state index in [-0.39, 0.29) is 31.0 Å². The highest BCUT2D eigenvalue weighted by Crippen LogP contribution is 2.28. The number of aryl methyl sites for hydroxylation is 1. The summed E-state index contributed by atoms with van der Waals surface area (Å²) >= 11 is 0. The van der Waals surface area contributed by atoms with Gasteiger partial charge in [-0.1, -0.05) is 42.4 Å². The van der Waals surface area contributed by atoms with Crippen molar-refractivity contribution in [2.75, 3.05) is 20.3 Å². The number of ether oxygens (including phenoxy) is 1. The van der Waals surface area contributed by atoms with Crippen molar-refractivity contribution in [3.05, 3.63) is 63.7 Å². The number of nitrogens with two attached hydrogens (primary N) is 1. The molecule has 3 aromatic rings. The first kappa shape index (κ1) is 23.2. The highest BCUT2D eigenvalue weighted by molar-refractivity contribution is 5.81. The zero-order valence-electron chi connectivity index (χ0n) is 18.5. The monoisotopic (exact) mass is 440 g/mol. The van der Waals surface area contributed by atoms with Crippen molar-refractivity contribution in [3.8, 4) is 0 Å². The van der Waals surface area contributed by atoms with Crippen LogP contribution in [-0.4, -0.2) is 46.7 Å². The maximum Gasteiger partial charge on any atom is 0.264 e. The molecule has 2 amide bonds. The van der Waals surface area contributed by atoms with E-state index in [2.05, 4.69) is 5.16 Å². The zero-order chi connectivity index (χ0) is 23.3. The second kappa shape index (κ2) is 10.2. The van der Waals surface area contributed by atoms with Gasteiger partial charge >= 0.3 is 0 Å². The molecule has 1 unspecified atom stereocenters. The number of aromatic nitrogens is 2. The molecule has 1 aromatic carbocycles. The fourth-order valence-corrected chi connectivity index (χ4v) is 3.90. The van der Waals surface area contributed by atoms with E-state index >= 15 is 0 Å². The fourth-order valence-electron chi connectivity index (χ4n) is 3.90. The van der Waals surface area contributed by atoms with Crippen LogP contribution in [0.4, 0.5) is 0 Å². The van der Waals surface area contributed by atoms with Crippen molar-refractivity contribution in [3.63, 3.8) is 0 Å². The van der Waals surface area contributed by atoms with Gasteiger partial charge in [-0.25, -0.2) is 0 Å². The lowest BCUT2D eigenvalue weighted by atomic mass is 10.0. The first-order valence-electron chi connectivity index (χ1n) is 10.5. The van der Waals surface area contributed by atoms with Crippen molar-refractivity contribution in [1.29, 1.82) is 0 Å². The van der Waals surface area contributed by atoms with Gasteiger partial charge in [0.1, 0.15) is 12.0 Å². The Balaban J connectivity index is 2.17. The summed E-state index contributed by atoms with van der Waals surface area (Å²) in [4.78, 5) is 39.4. The molecule has 2 aromatic heterocycles. The molecule has 32 heavy (non-hydrogen) atoms. The molecule has 9 heteroatoms. The largest absolute Gasteiger partial charge is 0.375 e. The maximum atomic E-state index is 13.5. The van der Waals surface area contributed by atoms with E-state index in [1.165, 1.54) is 7.11 Å². The number of rotatable bonds is 10. The van der Waals surface area contributed by atoms with Gasteiger partial charge in [0.05, 0.1) is 18.3 Å². The number of fused-ring (bicyclic) bond motifs is 1. The Morgan fingerprint density at radius 2 is 2.00 bits per heavy atom. The molecule has 0 saturated carbocycles. The Morgan fingerprint density at radius 3 is 2.62 bits per heavy atom. The zero-order valence-corrected chi connectivity index (χ0v) is 18.5. The smallest absolute Gasteiger partial charge is 0.264 e. The molecule has 0 saturated heterocycles. The highest BCUT2D eigenvalue weighted by atomic mass is 16.5. The van der Waals surface area contributed by atoms with Crippen molar-refractivity contribution >= 4 is 22.8 Å². The Kier molecular flexibility index (Phi) is 7.42. The van der Waals surface area contributed by atoms with E-state index in [4.69, 9.17) is 15.0 Å². The molecule has 9 nitrogen and oxygen atoms in total. The van der Waals surface area contributed by atoms with E-state index in [0.29, 0.717) is 35.3 Å². The summed E-state index contributed by atoms with van der Waals surface area (Å²) in [5.41, 5.74) is 7.50. The molecule has 0 radical (unpaired) electrons. The van der Waals surface area contributed by atoms with Crippen LogP contribution < -0.4 is 11.3 Å². The number of pyridine rings is 1. The third kappa shape index (κ3) is 4.88. The van der Waals surface area contributed by atoms with Crippen LogP contribution in [0.2, 0.25) is 0 Å². The minimum Gasteiger partial charge on any atom is -0.375 e. The Morgan fingerprint density at radius 1 is 1.28 bits per heavy atom. The summed E-state index contributed by atoms with van der Waals surface area (Å²) in [6.45, 7) is 3.91. The molecule has 2 heterocycles. The average Bonchev–Trinajstić information content (AvgIpc) is 3.14. The van der Waals surface area contributed by atoms with Gasteiger partial charge in [0.15, 0.2) is 5.58 Å². The summed E-state index contributed by atoms with van der Waals surface area (Å²) in [6.07, 6.45) is 0.500. The number of primary amides is 1. The second-order valence-corrected chi connectivity index (χ2v) is 7.61. The quantitative estimate of drug-likeness (QED) is 0.516. The van der Waals surface area contributed by atoms with Crippen molar-refractivity contribution < 1.29 is 18.8 Å². The van der Waals surface area contributed by atoms with Crippen LogP contribution in [0.15, 0.2) is 45.7 Å². The van der Waals surface area contributed by atoms with Crippen LogP contribution >= 0.6 is 0 Å². The van der Waals surface area contributed by atoms with Crippen LogP contribution in [0, 0.1) is 6.92 Å². The minimum absolute atomic E-state index is 0.00146. The van der Waals surface area contributed by atoms with Crippen molar-refractivity contribution in [2.24, 2.45) is 5.73 Å². The van der Waals surface area contributed by atoms with Crippen LogP contribution in [0.1, 0.15) is 42.8 Å². The molecular formula is C23H28N4O5. The molecule has 0 aliphatic rings. The topological polar surface area (TPSA) is 121 Å². The molecule has 0 spiro atoms. The molecule has 3 rings (SSSR count). The van der Waals surface area contributed by atoms with Gasteiger partial charge in [0.25, 0.3) is 5.56 Å². The molecule has 2 N–H and O–H groups in total. The lowest BCUT2D eigenvalue weighted by Crippen LogP contribution is -2.41. The summed E-state index contributed by atoms with van der Waals surface area (Å²) in [6, 6.07) is 10.8. The van der Waals surface area contributed by atoms with Gasteiger partial charge in [-0.2, -0.15) is 0 Å². The number of benzene rings is 1. The van der Waals surface area contributed by atoms with Crippen LogP contribution in [0.5, 0.6) is 0 Å². The predicted molar refractivity (Wildman–Crippen MR) is 119 cm³/mol. The molecule has 0 aliphatic carbocycles. The fraction of sp³-hybridized carbons (Fsp3) is 0.391. The van der Waals surface area contributed by atoms with Gasteiger partial charge in [-0.15, -0.1) is 0 Å². The molecule has 0 bridgehead atoms. The number of amides is 2. The number of hydrogen-bond acceptors (Lipinski definition) is 6. The molecule has 0 fully saturated rings. The van der Waals surface area contributed by atoms with Gasteiger partial charge in [0.2, 0.25) is 11.8 Å². The highest BCUT2D eigenvalue weighted by Gasteiger charge is 2.28. The molecule has 1 atom stereocenters. The molecule has 170 valence electrons. The van der Waals surface area contributed by atoms with E-state index in [0.717, 1.165) is 5.56 Å². The van der Waals surface area contributed by atoms with Crippen LogP contribution in [0.3, 0.4) is 0 Å². The predicted octanol–water partition coefficient (Wildman–Crippen LogP) is 2.15. The standard InChI is InChI=1S/C23H28N4O5/c1-4-17(26(11-10-20(24)28)21(29)14-31-3)18-12-19-22(15(2)25-32-19)23(30)27(18)13-16-8-6-5-7-9-16/h5-9,12,17H,4,10-11,13-14H2,1-3H3,(H2,24,28). The van der Waals surface area contributed by atoms with Gasteiger partial charge in [0, 0.05) is 31.8 Å². The average molecular weight is 441 g/mol.